The molecule has 2 aliphatic carbocycles. The van der Waals surface area contributed by atoms with E-state index in [1.54, 1.807) is 31.3 Å². The molecule has 29 heavy (non-hydrogen) atoms. The molecule has 0 aliphatic heterocycles. The number of nitrogens with one attached hydrogen (secondary N) is 1. The van der Waals surface area contributed by atoms with Crippen LogP contribution >= 0.6 is 11.6 Å². The molecule has 6 nitrogen and oxygen atoms in total. The summed E-state index contributed by atoms with van der Waals surface area (Å²) in [6.07, 6.45) is 8.42. The van der Waals surface area contributed by atoms with Crippen LogP contribution in [0, 0.1) is 0 Å². The number of carbonyl (C=O) groups is 2. The summed E-state index contributed by atoms with van der Waals surface area (Å²) in [5.74, 6) is 0.614. The molecule has 0 bridgehead atoms. The summed E-state index contributed by atoms with van der Waals surface area (Å²) in [4.78, 5) is 27.8. The van der Waals surface area contributed by atoms with Gasteiger partial charge in [-0.2, -0.15) is 0 Å². The van der Waals surface area contributed by atoms with Gasteiger partial charge in [-0.15, -0.1) is 11.6 Å². The molecule has 1 aromatic carbocycles. The van der Waals surface area contributed by atoms with Gasteiger partial charge in [-0.25, -0.2) is 0 Å². The first-order valence-corrected chi connectivity index (χ1v) is 11.0. The van der Waals surface area contributed by atoms with Crippen molar-refractivity contribution in [3.63, 3.8) is 0 Å². The minimum Gasteiger partial charge on any atom is -0.493 e. The van der Waals surface area contributed by atoms with Gasteiger partial charge in [0.05, 0.1) is 14.2 Å². The van der Waals surface area contributed by atoms with Gasteiger partial charge >= 0.3 is 0 Å². The smallest absolute Gasteiger partial charge is 0.247 e. The lowest BCUT2D eigenvalue weighted by Gasteiger charge is -2.32. The van der Waals surface area contributed by atoms with E-state index in [1.807, 2.05) is 6.07 Å². The molecule has 160 valence electrons. The van der Waals surface area contributed by atoms with E-state index in [1.165, 1.54) is 12.8 Å². The van der Waals surface area contributed by atoms with Crippen LogP contribution in [-0.2, 0) is 9.59 Å². The quantitative estimate of drug-likeness (QED) is 0.511. The first kappa shape index (κ1) is 21.8. The molecule has 3 rings (SSSR count). The Hall–Kier alpha value is -1.95. The van der Waals surface area contributed by atoms with Crippen LogP contribution < -0.4 is 14.8 Å². The number of nitrogens with zero attached hydrogens (tertiary/aromatic N) is 1. The lowest BCUT2D eigenvalue weighted by molar-refractivity contribution is -0.140. The maximum absolute atomic E-state index is 13.5. The molecule has 0 aromatic heterocycles. The normalized spacial score (nSPS) is 18.4. The lowest BCUT2D eigenvalue weighted by atomic mass is 10.0. The Labute approximate surface area is 177 Å². The highest BCUT2D eigenvalue weighted by Gasteiger charge is 2.41. The van der Waals surface area contributed by atoms with E-state index in [0.717, 1.165) is 38.5 Å². The highest BCUT2D eigenvalue weighted by atomic mass is 35.5. The molecule has 2 aliphatic rings. The van der Waals surface area contributed by atoms with Crippen LogP contribution in [0.2, 0.25) is 0 Å². The summed E-state index contributed by atoms with van der Waals surface area (Å²) in [6, 6.07) is 4.87. The highest BCUT2D eigenvalue weighted by Crippen LogP contribution is 2.38. The Balaban J connectivity index is 1.92. The number of ether oxygens (including phenoxy) is 2. The van der Waals surface area contributed by atoms with Gasteiger partial charge in [0.2, 0.25) is 11.8 Å². The molecule has 1 aromatic rings. The van der Waals surface area contributed by atoms with Gasteiger partial charge in [0.15, 0.2) is 11.5 Å². The van der Waals surface area contributed by atoms with Gasteiger partial charge in [0.1, 0.15) is 11.9 Å². The van der Waals surface area contributed by atoms with Crippen LogP contribution in [0.15, 0.2) is 18.2 Å². The van der Waals surface area contributed by atoms with Gasteiger partial charge in [-0.05, 0) is 43.4 Å². The molecule has 0 saturated heterocycles. The molecule has 0 unspecified atom stereocenters. The molecule has 1 atom stereocenters. The predicted molar refractivity (Wildman–Crippen MR) is 113 cm³/mol. The number of rotatable bonds is 8. The van der Waals surface area contributed by atoms with Crippen molar-refractivity contribution in [1.29, 1.82) is 0 Å². The summed E-state index contributed by atoms with van der Waals surface area (Å²) < 4.78 is 10.8. The molecule has 2 amide bonds. The van der Waals surface area contributed by atoms with Crippen molar-refractivity contribution < 1.29 is 19.1 Å². The summed E-state index contributed by atoms with van der Waals surface area (Å²) in [5.41, 5.74) is 0.708. The Morgan fingerprint density at radius 3 is 2.28 bits per heavy atom. The second-order valence-corrected chi connectivity index (χ2v) is 8.15. The number of amides is 2. The van der Waals surface area contributed by atoms with Crippen molar-refractivity contribution in [2.45, 2.75) is 69.5 Å². The molecule has 2 fully saturated rings. The zero-order valence-electron chi connectivity index (χ0n) is 17.3. The van der Waals surface area contributed by atoms with Crippen molar-refractivity contribution >= 4 is 23.4 Å². The predicted octanol–water partition coefficient (Wildman–Crippen LogP) is 3.81. The molecule has 1 N–H and O–H groups in total. The van der Waals surface area contributed by atoms with E-state index in [-0.39, 0.29) is 29.8 Å². The lowest BCUT2D eigenvalue weighted by Crippen LogP contribution is -2.47. The molecular formula is C22H31ClN2O4. The maximum atomic E-state index is 13.5. The van der Waals surface area contributed by atoms with E-state index in [9.17, 15) is 9.59 Å². The first-order chi connectivity index (χ1) is 14.1. The largest absolute Gasteiger partial charge is 0.493 e. The molecule has 7 heteroatoms. The fourth-order valence-corrected chi connectivity index (χ4v) is 4.28. The van der Waals surface area contributed by atoms with Crippen molar-refractivity contribution in [3.05, 3.63) is 23.8 Å². The number of hydrogen-bond acceptors (Lipinski definition) is 4. The maximum Gasteiger partial charge on any atom is 0.247 e. The molecule has 0 spiro atoms. The number of halogens is 1. The third-order valence-electron chi connectivity index (χ3n) is 5.79. The Bertz CT molecular complexity index is 715. The summed E-state index contributed by atoms with van der Waals surface area (Å²) in [5, 5.41) is 3.22. The standard InChI is InChI=1S/C22H31ClN2O4/c1-28-18-12-9-15(13-19(18)29-2)21(25(17-10-11-17)20(26)14-23)22(27)24-16-7-5-3-4-6-8-16/h9,12-13,16-17,21H,3-8,10-11,14H2,1-2H3,(H,24,27)/t21-/m1/s1. The van der Waals surface area contributed by atoms with Gasteiger partial charge in [0, 0.05) is 12.1 Å². The average molecular weight is 423 g/mol. The van der Waals surface area contributed by atoms with Crippen LogP contribution in [0.25, 0.3) is 0 Å². The summed E-state index contributed by atoms with van der Waals surface area (Å²) >= 11 is 5.91. The number of benzene rings is 1. The number of alkyl halides is 1. The minimum atomic E-state index is -0.725. The minimum absolute atomic E-state index is 0.0548. The van der Waals surface area contributed by atoms with E-state index in [0.29, 0.717) is 17.1 Å². The zero-order chi connectivity index (χ0) is 20.8. The van der Waals surface area contributed by atoms with Gasteiger partial charge < -0.3 is 19.7 Å². The van der Waals surface area contributed by atoms with Crippen LogP contribution in [-0.4, -0.2) is 48.9 Å². The van der Waals surface area contributed by atoms with Gasteiger partial charge in [-0.1, -0.05) is 31.7 Å². The average Bonchev–Trinajstić information content (AvgIpc) is 3.59. The van der Waals surface area contributed by atoms with Gasteiger partial charge in [-0.3, -0.25) is 9.59 Å². The second-order valence-electron chi connectivity index (χ2n) is 7.88. The number of carbonyl (C=O) groups excluding carboxylic acids is 2. The van der Waals surface area contributed by atoms with Crippen LogP contribution in [0.3, 0.4) is 0 Å². The van der Waals surface area contributed by atoms with E-state index in [4.69, 9.17) is 21.1 Å². The summed E-state index contributed by atoms with van der Waals surface area (Å²) in [7, 11) is 3.13. The van der Waals surface area contributed by atoms with Crippen LogP contribution in [0.1, 0.15) is 63.0 Å². The topological polar surface area (TPSA) is 67.9 Å². The fourth-order valence-electron chi connectivity index (χ4n) is 4.15. The van der Waals surface area contributed by atoms with E-state index >= 15 is 0 Å². The van der Waals surface area contributed by atoms with Crippen molar-refractivity contribution in [2.24, 2.45) is 0 Å². The Morgan fingerprint density at radius 1 is 1.07 bits per heavy atom. The Kier molecular flexibility index (Phi) is 7.64. The molecular weight excluding hydrogens is 392 g/mol. The third-order valence-corrected chi connectivity index (χ3v) is 6.02. The summed E-state index contributed by atoms with van der Waals surface area (Å²) in [6.45, 7) is 0. The number of methoxy groups -OCH3 is 2. The third kappa shape index (κ3) is 5.35. The van der Waals surface area contributed by atoms with Crippen molar-refractivity contribution in [1.82, 2.24) is 10.2 Å². The molecule has 2 saturated carbocycles. The van der Waals surface area contributed by atoms with Crippen LogP contribution in [0.5, 0.6) is 11.5 Å². The second kappa shape index (κ2) is 10.2. The van der Waals surface area contributed by atoms with Crippen molar-refractivity contribution in [2.75, 3.05) is 20.1 Å². The zero-order valence-corrected chi connectivity index (χ0v) is 18.0. The van der Waals surface area contributed by atoms with Crippen molar-refractivity contribution in [3.8, 4) is 11.5 Å². The number of hydrogen-bond donors (Lipinski definition) is 1. The fraction of sp³-hybridized carbons (Fsp3) is 0.636. The molecule has 0 heterocycles. The highest BCUT2D eigenvalue weighted by molar-refractivity contribution is 6.27. The Morgan fingerprint density at radius 2 is 1.72 bits per heavy atom. The van der Waals surface area contributed by atoms with E-state index < -0.39 is 6.04 Å². The van der Waals surface area contributed by atoms with E-state index in [2.05, 4.69) is 5.32 Å². The van der Waals surface area contributed by atoms with Gasteiger partial charge in [0.25, 0.3) is 0 Å². The molecule has 0 radical (unpaired) electrons. The SMILES string of the molecule is COc1ccc([C@H](C(=O)NC2CCCCCC2)N(C(=O)CCl)C2CC2)cc1OC. The monoisotopic (exact) mass is 422 g/mol. The van der Waals surface area contributed by atoms with Crippen LogP contribution in [0.4, 0.5) is 0 Å². The first-order valence-electron chi connectivity index (χ1n) is 10.5.